The predicted octanol–water partition coefficient (Wildman–Crippen LogP) is 0.222. The van der Waals surface area contributed by atoms with Crippen molar-refractivity contribution in [3.05, 3.63) is 17.3 Å². The molecular weight excluding hydrogens is 160 g/mol. The molecule has 1 heterocycles. The van der Waals surface area contributed by atoms with Crippen molar-refractivity contribution in [2.45, 2.75) is 6.92 Å². The second-order valence-electron chi connectivity index (χ2n) is 2.07. The van der Waals surface area contributed by atoms with Crippen molar-refractivity contribution >= 4 is 18.0 Å². The molecule has 0 fully saturated rings. The Bertz CT molecular complexity index is 337. The summed E-state index contributed by atoms with van der Waals surface area (Å²) in [6.07, 6.45) is 0.720. The molecule has 12 heavy (non-hydrogen) atoms. The molecule has 1 aromatic rings. The second kappa shape index (κ2) is 3.45. The van der Waals surface area contributed by atoms with Crippen LogP contribution in [0.3, 0.4) is 0 Å². The molecule has 0 aliphatic rings. The van der Waals surface area contributed by atoms with Gasteiger partial charge in [-0.05, 0) is 6.92 Å². The molecule has 0 spiro atoms. The molecule has 0 radical (unpaired) electrons. The van der Waals surface area contributed by atoms with E-state index >= 15 is 0 Å². The molecule has 0 aliphatic carbocycles. The Morgan fingerprint density at radius 3 is 3.17 bits per heavy atom. The van der Waals surface area contributed by atoms with E-state index < -0.39 is 5.91 Å². The molecule has 62 valence electrons. The number of hydrogen-bond donors (Lipinski definition) is 1. The highest BCUT2D eigenvalue weighted by Gasteiger charge is 2.05. The third-order valence-electron chi connectivity index (χ3n) is 1.05. The SMILES string of the molecule is Cc1cc(NC(=O)C=[N+]=[N-])on1. The first-order valence-corrected chi connectivity index (χ1v) is 3.14. The average Bonchev–Trinajstić information content (AvgIpc) is 2.36. The Balaban J connectivity index is 2.64. The summed E-state index contributed by atoms with van der Waals surface area (Å²) in [6, 6.07) is 1.54. The average molecular weight is 166 g/mol. The molecule has 0 atom stereocenters. The predicted molar refractivity (Wildman–Crippen MR) is 39.6 cm³/mol. The Kier molecular flexibility index (Phi) is 2.35. The van der Waals surface area contributed by atoms with Gasteiger partial charge < -0.3 is 10.1 Å². The standard InChI is InChI=1S/C6H6N4O2/c1-4-2-6(12-10-4)9-5(11)3-8-7/h2-3H,1H3,(H,9,11). The number of aryl methyl sites for hydroxylation is 1. The van der Waals surface area contributed by atoms with Crippen molar-refractivity contribution in [1.29, 1.82) is 0 Å². The Hall–Kier alpha value is -1.94. The number of nitrogens with zero attached hydrogens (tertiary/aromatic N) is 3. The summed E-state index contributed by atoms with van der Waals surface area (Å²) in [4.78, 5) is 13.3. The smallest absolute Gasteiger partial charge is 0.345 e. The molecule has 0 saturated carbocycles. The van der Waals surface area contributed by atoms with Crippen LogP contribution in [0, 0.1) is 6.92 Å². The molecule has 6 heteroatoms. The van der Waals surface area contributed by atoms with Gasteiger partial charge >= 0.3 is 12.1 Å². The van der Waals surface area contributed by atoms with Crippen molar-refractivity contribution in [3.8, 4) is 0 Å². The van der Waals surface area contributed by atoms with Crippen LogP contribution in [0.25, 0.3) is 5.53 Å². The fourth-order valence-electron chi connectivity index (χ4n) is 0.629. The highest BCUT2D eigenvalue weighted by molar-refractivity contribution is 6.29. The van der Waals surface area contributed by atoms with Gasteiger partial charge in [0.15, 0.2) is 0 Å². The van der Waals surface area contributed by atoms with Gasteiger partial charge in [0.2, 0.25) is 5.88 Å². The highest BCUT2D eigenvalue weighted by Crippen LogP contribution is 2.06. The number of hydrogen-bond acceptors (Lipinski definition) is 3. The quantitative estimate of drug-likeness (QED) is 0.387. The van der Waals surface area contributed by atoms with E-state index in [9.17, 15) is 4.79 Å². The third-order valence-corrected chi connectivity index (χ3v) is 1.05. The molecule has 1 amide bonds. The van der Waals surface area contributed by atoms with Crippen LogP contribution in [0.1, 0.15) is 5.69 Å². The van der Waals surface area contributed by atoms with Crippen molar-refractivity contribution < 1.29 is 14.1 Å². The monoisotopic (exact) mass is 166 g/mol. The molecule has 1 aromatic heterocycles. The largest absolute Gasteiger partial charge is 0.361 e. The summed E-state index contributed by atoms with van der Waals surface area (Å²) in [5.41, 5.74) is 8.64. The van der Waals surface area contributed by atoms with Crippen LogP contribution in [0.2, 0.25) is 0 Å². The van der Waals surface area contributed by atoms with E-state index in [2.05, 4.69) is 19.8 Å². The lowest BCUT2D eigenvalue weighted by molar-refractivity contribution is -0.113. The number of carbonyl (C=O) groups excluding carboxylic acids is 1. The van der Waals surface area contributed by atoms with Gasteiger partial charge in [0, 0.05) is 6.07 Å². The third kappa shape index (κ3) is 2.03. The first-order chi connectivity index (χ1) is 5.72. The molecule has 0 aliphatic heterocycles. The van der Waals surface area contributed by atoms with Crippen molar-refractivity contribution in [3.63, 3.8) is 0 Å². The highest BCUT2D eigenvalue weighted by atomic mass is 16.5. The van der Waals surface area contributed by atoms with E-state index in [0.717, 1.165) is 6.21 Å². The van der Waals surface area contributed by atoms with E-state index in [1.54, 1.807) is 13.0 Å². The zero-order valence-electron chi connectivity index (χ0n) is 6.31. The molecule has 0 unspecified atom stereocenters. The fourth-order valence-corrected chi connectivity index (χ4v) is 0.629. The number of amides is 1. The van der Waals surface area contributed by atoms with Crippen LogP contribution in [0.15, 0.2) is 10.6 Å². The Morgan fingerprint density at radius 2 is 2.67 bits per heavy atom. The summed E-state index contributed by atoms with van der Waals surface area (Å²) < 4.78 is 4.66. The van der Waals surface area contributed by atoms with Crippen LogP contribution in [-0.4, -0.2) is 22.1 Å². The van der Waals surface area contributed by atoms with Crippen LogP contribution in [0.5, 0.6) is 0 Å². The maximum atomic E-state index is 10.7. The summed E-state index contributed by atoms with van der Waals surface area (Å²) >= 11 is 0. The van der Waals surface area contributed by atoms with Crippen molar-refractivity contribution in [2.24, 2.45) is 0 Å². The number of carbonyl (C=O) groups is 1. The maximum Gasteiger partial charge on any atom is 0.345 e. The van der Waals surface area contributed by atoms with Crippen LogP contribution < -0.4 is 5.32 Å². The van der Waals surface area contributed by atoms with Gasteiger partial charge in [-0.2, -0.15) is 4.79 Å². The van der Waals surface area contributed by atoms with Gasteiger partial charge in [0.25, 0.3) is 0 Å². The van der Waals surface area contributed by atoms with Gasteiger partial charge in [-0.25, -0.2) is 0 Å². The number of nitrogens with one attached hydrogen (secondary N) is 1. The molecule has 0 bridgehead atoms. The Morgan fingerprint density at radius 1 is 1.92 bits per heavy atom. The maximum absolute atomic E-state index is 10.7. The molecule has 0 saturated heterocycles. The van der Waals surface area contributed by atoms with Crippen molar-refractivity contribution in [2.75, 3.05) is 5.32 Å². The Labute approximate surface area is 67.8 Å². The summed E-state index contributed by atoms with van der Waals surface area (Å²) in [5.74, 6) is -0.356. The minimum absolute atomic E-state index is 0.220. The fraction of sp³-hybridized carbons (Fsp3) is 0.167. The van der Waals surface area contributed by atoms with Crippen LogP contribution in [0.4, 0.5) is 5.88 Å². The molecule has 0 aromatic carbocycles. The lowest BCUT2D eigenvalue weighted by Gasteiger charge is -1.87. The van der Waals surface area contributed by atoms with Gasteiger partial charge in [0.1, 0.15) is 0 Å². The van der Waals surface area contributed by atoms with E-state index in [1.165, 1.54) is 0 Å². The molecule has 1 rings (SSSR count). The minimum Gasteiger partial charge on any atom is -0.361 e. The van der Waals surface area contributed by atoms with E-state index in [4.69, 9.17) is 5.53 Å². The minimum atomic E-state index is -0.575. The van der Waals surface area contributed by atoms with Crippen molar-refractivity contribution in [1.82, 2.24) is 5.16 Å². The zero-order chi connectivity index (χ0) is 8.97. The first kappa shape index (κ1) is 8.16. The summed E-state index contributed by atoms with van der Waals surface area (Å²) in [5, 5.41) is 5.82. The lowest BCUT2D eigenvalue weighted by Crippen LogP contribution is -2.12. The first-order valence-electron chi connectivity index (χ1n) is 3.14. The topological polar surface area (TPSA) is 91.5 Å². The normalized spacial score (nSPS) is 8.75. The zero-order valence-corrected chi connectivity index (χ0v) is 6.31. The van der Waals surface area contributed by atoms with E-state index in [-0.39, 0.29) is 5.88 Å². The van der Waals surface area contributed by atoms with Crippen LogP contribution >= 0.6 is 0 Å². The van der Waals surface area contributed by atoms with E-state index in [1.807, 2.05) is 0 Å². The molecule has 6 nitrogen and oxygen atoms in total. The van der Waals surface area contributed by atoms with Gasteiger partial charge in [-0.3, -0.25) is 10.1 Å². The number of aromatic nitrogens is 1. The summed E-state index contributed by atoms with van der Waals surface area (Å²) in [7, 11) is 0. The van der Waals surface area contributed by atoms with Gasteiger partial charge in [-0.1, -0.05) is 5.16 Å². The number of rotatable bonds is 2. The van der Waals surface area contributed by atoms with Gasteiger partial charge in [0.05, 0.1) is 5.69 Å². The van der Waals surface area contributed by atoms with Gasteiger partial charge in [-0.15, -0.1) is 0 Å². The molecule has 1 N–H and O–H groups in total. The molecular formula is C6H6N4O2. The second-order valence-corrected chi connectivity index (χ2v) is 2.07. The lowest BCUT2D eigenvalue weighted by atomic mass is 10.5. The van der Waals surface area contributed by atoms with Crippen LogP contribution in [-0.2, 0) is 4.79 Å². The summed E-state index contributed by atoms with van der Waals surface area (Å²) in [6.45, 7) is 1.72. The number of anilines is 1. The van der Waals surface area contributed by atoms with E-state index in [0.29, 0.717) is 5.69 Å².